The van der Waals surface area contributed by atoms with Crippen molar-refractivity contribution >= 4 is 23.9 Å². The van der Waals surface area contributed by atoms with Crippen molar-refractivity contribution in [3.05, 3.63) is 60.7 Å². The van der Waals surface area contributed by atoms with E-state index in [1.165, 1.54) is 0 Å². The second-order valence-corrected chi connectivity index (χ2v) is 9.21. The van der Waals surface area contributed by atoms with Gasteiger partial charge in [-0.25, -0.2) is 0 Å². The summed E-state index contributed by atoms with van der Waals surface area (Å²) in [6.07, 6.45) is 4.25. The van der Waals surface area contributed by atoms with Crippen LogP contribution < -0.4 is 9.47 Å². The third-order valence-corrected chi connectivity index (χ3v) is 5.89. The Kier molecular flexibility index (Phi) is 17.7. The molecule has 0 aliphatic carbocycles. The fraction of sp³-hybridized carbons (Fsp3) is 0.467. The minimum atomic E-state index is -0.993. The van der Waals surface area contributed by atoms with E-state index in [9.17, 15) is 24.3 Å². The molecule has 0 aliphatic heterocycles. The second-order valence-electron chi connectivity index (χ2n) is 9.21. The van der Waals surface area contributed by atoms with Gasteiger partial charge in [0.05, 0.1) is 12.5 Å². The fourth-order valence-corrected chi connectivity index (χ4v) is 3.85. The zero-order chi connectivity index (χ0) is 29.6. The Morgan fingerprint density at radius 3 is 1.62 bits per heavy atom. The van der Waals surface area contributed by atoms with Gasteiger partial charge < -0.3 is 29.9 Å². The van der Waals surface area contributed by atoms with E-state index in [-0.39, 0.29) is 25.7 Å². The predicted octanol–water partition coefficient (Wildman–Crippen LogP) is 5.75. The molecular weight excluding hydrogens is 520 g/mol. The lowest BCUT2D eigenvalue weighted by Gasteiger charge is -2.25. The Labute approximate surface area is 234 Å². The molecule has 0 saturated carbocycles. The van der Waals surface area contributed by atoms with Crippen molar-refractivity contribution < 1.29 is 49.1 Å². The number of para-hydroxylation sites is 2. The molecule has 2 unspecified atom stereocenters. The smallest absolute Gasteiger partial charge is 0.310 e. The lowest BCUT2D eigenvalue weighted by atomic mass is 9.92. The van der Waals surface area contributed by atoms with Crippen LogP contribution in [0.3, 0.4) is 0 Å². The first-order valence-electron chi connectivity index (χ1n) is 13.5. The highest BCUT2D eigenvalue weighted by Gasteiger charge is 2.30. The minimum absolute atomic E-state index is 0.125. The van der Waals surface area contributed by atoms with Crippen molar-refractivity contribution in [2.75, 3.05) is 6.61 Å². The molecule has 40 heavy (non-hydrogen) atoms. The molecule has 4 N–H and O–H groups in total. The molecule has 0 spiro atoms. The van der Waals surface area contributed by atoms with E-state index >= 15 is 0 Å². The maximum absolute atomic E-state index is 11.7. The maximum Gasteiger partial charge on any atom is 0.310 e. The molecule has 0 aromatic heterocycles. The molecule has 2 aromatic carbocycles. The molecule has 2 rings (SSSR count). The summed E-state index contributed by atoms with van der Waals surface area (Å²) in [6.45, 7) is 0.455. The topological polar surface area (TPSA) is 168 Å². The molecular formula is C30H40O10. The number of carbonyl (C=O) groups is 4. The van der Waals surface area contributed by atoms with Crippen LogP contribution in [0.1, 0.15) is 70.6 Å². The van der Waals surface area contributed by atoms with Crippen LogP contribution in [0.25, 0.3) is 0 Å². The summed E-state index contributed by atoms with van der Waals surface area (Å²) in [5.41, 5.74) is 0. The molecule has 0 aliphatic rings. The van der Waals surface area contributed by atoms with Crippen molar-refractivity contribution in [2.24, 2.45) is 5.92 Å². The number of ether oxygens (including phenoxy) is 2. The van der Waals surface area contributed by atoms with E-state index in [1.807, 2.05) is 36.4 Å². The third kappa shape index (κ3) is 17.4. The number of carboxylic acid groups (broad SMARTS) is 4. The first kappa shape index (κ1) is 33.9. The van der Waals surface area contributed by atoms with Gasteiger partial charge in [-0.05, 0) is 49.9 Å². The summed E-state index contributed by atoms with van der Waals surface area (Å²) in [5, 5.41) is 35.5. The van der Waals surface area contributed by atoms with Crippen molar-refractivity contribution in [3.63, 3.8) is 0 Å². The van der Waals surface area contributed by atoms with Gasteiger partial charge in [0.1, 0.15) is 17.6 Å². The van der Waals surface area contributed by atoms with Crippen LogP contribution in [0.2, 0.25) is 0 Å². The number of unbranched alkanes of at least 4 members (excludes halogenated alkanes) is 4. The SMILES string of the molecule is O=C(O)CCCCCCCC(C(=O)O)C(CCC(=O)O)Oc1ccccc1.O=C(O)CCCOc1ccccc1. The Morgan fingerprint density at radius 1 is 0.575 bits per heavy atom. The van der Waals surface area contributed by atoms with Crippen molar-refractivity contribution in [1.82, 2.24) is 0 Å². The quantitative estimate of drug-likeness (QED) is 0.146. The van der Waals surface area contributed by atoms with Crippen LogP contribution >= 0.6 is 0 Å². The largest absolute Gasteiger partial charge is 0.494 e. The van der Waals surface area contributed by atoms with E-state index in [0.717, 1.165) is 25.0 Å². The second kappa shape index (κ2) is 20.8. The molecule has 0 bridgehead atoms. The molecule has 2 aromatic rings. The lowest BCUT2D eigenvalue weighted by molar-refractivity contribution is -0.147. The summed E-state index contributed by atoms with van der Waals surface area (Å²) >= 11 is 0. The number of hydrogen-bond acceptors (Lipinski definition) is 6. The average Bonchev–Trinajstić information content (AvgIpc) is 2.92. The zero-order valence-corrected chi connectivity index (χ0v) is 22.7. The van der Waals surface area contributed by atoms with Crippen LogP contribution in [0.4, 0.5) is 0 Å². The van der Waals surface area contributed by atoms with E-state index in [0.29, 0.717) is 38.0 Å². The molecule has 0 saturated heterocycles. The van der Waals surface area contributed by atoms with Crippen LogP contribution in [0.5, 0.6) is 11.5 Å². The van der Waals surface area contributed by atoms with Gasteiger partial charge in [-0.2, -0.15) is 0 Å². The summed E-state index contributed by atoms with van der Waals surface area (Å²) in [7, 11) is 0. The molecule has 0 fully saturated rings. The summed E-state index contributed by atoms with van der Waals surface area (Å²) < 4.78 is 11.1. The molecule has 10 nitrogen and oxygen atoms in total. The number of hydrogen-bond donors (Lipinski definition) is 4. The number of aliphatic carboxylic acids is 4. The third-order valence-electron chi connectivity index (χ3n) is 5.89. The molecule has 0 amide bonds. The van der Waals surface area contributed by atoms with Crippen molar-refractivity contribution in [1.29, 1.82) is 0 Å². The fourth-order valence-electron chi connectivity index (χ4n) is 3.85. The van der Waals surface area contributed by atoms with Gasteiger partial charge in [0.25, 0.3) is 0 Å². The highest BCUT2D eigenvalue weighted by molar-refractivity contribution is 5.71. The summed E-state index contributed by atoms with van der Waals surface area (Å²) in [5.74, 6) is -3.05. The molecule has 0 heterocycles. The van der Waals surface area contributed by atoms with Gasteiger partial charge in [0.15, 0.2) is 0 Å². The van der Waals surface area contributed by atoms with E-state index < -0.39 is 35.9 Å². The number of benzene rings is 2. The molecule has 0 radical (unpaired) electrons. The van der Waals surface area contributed by atoms with Crippen molar-refractivity contribution in [2.45, 2.75) is 76.7 Å². The maximum atomic E-state index is 11.7. The highest BCUT2D eigenvalue weighted by Crippen LogP contribution is 2.24. The van der Waals surface area contributed by atoms with Gasteiger partial charge >= 0.3 is 23.9 Å². The van der Waals surface area contributed by atoms with Gasteiger partial charge in [-0.3, -0.25) is 19.2 Å². The van der Waals surface area contributed by atoms with Crippen LogP contribution in [0.15, 0.2) is 60.7 Å². The van der Waals surface area contributed by atoms with Crippen molar-refractivity contribution in [3.8, 4) is 11.5 Å². The Morgan fingerprint density at radius 2 is 1.07 bits per heavy atom. The number of rotatable bonds is 20. The molecule has 10 heteroatoms. The minimum Gasteiger partial charge on any atom is -0.494 e. The first-order chi connectivity index (χ1) is 19.2. The van der Waals surface area contributed by atoms with E-state index in [2.05, 4.69) is 0 Å². The van der Waals surface area contributed by atoms with Crippen LogP contribution in [0, 0.1) is 5.92 Å². The van der Waals surface area contributed by atoms with E-state index in [4.69, 9.17) is 24.8 Å². The highest BCUT2D eigenvalue weighted by atomic mass is 16.5. The first-order valence-corrected chi connectivity index (χ1v) is 13.5. The molecule has 220 valence electrons. The lowest BCUT2D eigenvalue weighted by Crippen LogP contribution is -2.33. The van der Waals surface area contributed by atoms with E-state index in [1.54, 1.807) is 24.3 Å². The summed E-state index contributed by atoms with van der Waals surface area (Å²) in [4.78, 5) is 43.3. The van der Waals surface area contributed by atoms with Gasteiger partial charge in [0.2, 0.25) is 0 Å². The van der Waals surface area contributed by atoms with Crippen LogP contribution in [-0.4, -0.2) is 57.0 Å². The molecule has 2 atom stereocenters. The average molecular weight is 561 g/mol. The van der Waals surface area contributed by atoms with Gasteiger partial charge in [-0.1, -0.05) is 62.1 Å². The number of carboxylic acids is 4. The van der Waals surface area contributed by atoms with Gasteiger partial charge in [-0.15, -0.1) is 0 Å². The Balaban J connectivity index is 0.000000512. The predicted molar refractivity (Wildman–Crippen MR) is 148 cm³/mol. The Hall–Kier alpha value is -4.08. The standard InChI is InChI=1S/C20H28O7.C10H12O3/c21-18(22)12-8-3-1-2-7-11-16(20(25)26)17(13-14-19(23)24)27-15-9-5-4-6-10-15;11-10(12)7-4-8-13-9-5-2-1-3-6-9/h4-6,9-10,16-17H,1-3,7-8,11-14H2,(H,21,22)(H,23,24)(H,25,26);1-3,5-6H,4,7-8H2,(H,11,12). The summed E-state index contributed by atoms with van der Waals surface area (Å²) in [6, 6.07) is 18.2. The zero-order valence-electron chi connectivity index (χ0n) is 22.7. The van der Waals surface area contributed by atoms with Crippen LogP contribution in [-0.2, 0) is 19.2 Å². The Bertz CT molecular complexity index is 994. The normalized spacial score (nSPS) is 11.8. The van der Waals surface area contributed by atoms with Gasteiger partial charge in [0, 0.05) is 19.3 Å². The monoisotopic (exact) mass is 560 g/mol.